The summed E-state index contributed by atoms with van der Waals surface area (Å²) in [6.07, 6.45) is 2.00. The van der Waals surface area contributed by atoms with Crippen molar-refractivity contribution in [1.29, 1.82) is 0 Å². The van der Waals surface area contributed by atoms with Crippen LogP contribution in [0.5, 0.6) is 0 Å². The molecular formula is C17H21NO4S. The lowest BCUT2D eigenvalue weighted by atomic mass is 9.87. The molecule has 1 aromatic rings. The minimum absolute atomic E-state index is 0.00513. The van der Waals surface area contributed by atoms with E-state index in [2.05, 4.69) is 0 Å². The zero-order chi connectivity index (χ0) is 16.4. The summed E-state index contributed by atoms with van der Waals surface area (Å²) in [6, 6.07) is 7.27. The number of ether oxygens (including phenoxy) is 1. The van der Waals surface area contributed by atoms with Crippen LogP contribution in [0.25, 0.3) is 0 Å². The number of hydrogen-bond acceptors (Lipinski definition) is 4. The highest BCUT2D eigenvalue weighted by molar-refractivity contribution is 8.00. The van der Waals surface area contributed by atoms with Gasteiger partial charge in [-0.1, -0.05) is 12.1 Å². The molecule has 2 atom stereocenters. The van der Waals surface area contributed by atoms with Crippen molar-refractivity contribution < 1.29 is 19.4 Å². The standard InChI is InChI=1S/C17H21NO4S/c1-12(16(20)21)23-14-5-3-2-4-13(14)15(19)18-8-6-17(10-18)7-9-22-11-17/h2-5,12H,6-11H2,1H3,(H,20,21). The fourth-order valence-electron chi connectivity index (χ4n) is 3.24. The van der Waals surface area contributed by atoms with Crippen LogP contribution in [-0.2, 0) is 9.53 Å². The van der Waals surface area contributed by atoms with Crippen LogP contribution in [0.3, 0.4) is 0 Å². The maximum atomic E-state index is 12.9. The molecule has 1 amide bonds. The second kappa shape index (κ2) is 6.53. The smallest absolute Gasteiger partial charge is 0.316 e. The molecule has 2 aliphatic heterocycles. The number of amides is 1. The molecule has 1 N–H and O–H groups in total. The molecule has 2 saturated heterocycles. The molecule has 0 bridgehead atoms. The predicted octanol–water partition coefficient (Wildman–Crippen LogP) is 2.50. The molecule has 0 aliphatic carbocycles. The number of likely N-dealkylation sites (tertiary alicyclic amines) is 1. The molecular weight excluding hydrogens is 314 g/mol. The number of hydrogen-bond donors (Lipinski definition) is 1. The number of carboxylic acids is 1. The monoisotopic (exact) mass is 335 g/mol. The highest BCUT2D eigenvalue weighted by Crippen LogP contribution is 2.39. The number of carbonyl (C=O) groups is 2. The van der Waals surface area contributed by atoms with Crippen LogP contribution >= 0.6 is 11.8 Å². The number of aliphatic carboxylic acids is 1. The average Bonchev–Trinajstić information content (AvgIpc) is 3.17. The fourth-order valence-corrected chi connectivity index (χ4v) is 4.16. The molecule has 3 rings (SSSR count). The molecule has 2 heterocycles. The van der Waals surface area contributed by atoms with E-state index in [4.69, 9.17) is 9.84 Å². The van der Waals surface area contributed by atoms with Gasteiger partial charge in [-0.05, 0) is 31.9 Å². The van der Waals surface area contributed by atoms with Gasteiger partial charge in [-0.3, -0.25) is 9.59 Å². The van der Waals surface area contributed by atoms with Crippen LogP contribution in [0.1, 0.15) is 30.1 Å². The molecule has 6 heteroatoms. The van der Waals surface area contributed by atoms with Gasteiger partial charge in [-0.15, -0.1) is 11.8 Å². The molecule has 0 aromatic heterocycles. The highest BCUT2D eigenvalue weighted by Gasteiger charge is 2.43. The van der Waals surface area contributed by atoms with E-state index in [1.54, 1.807) is 13.0 Å². The molecule has 1 spiro atoms. The molecule has 2 aliphatic rings. The molecule has 0 radical (unpaired) electrons. The van der Waals surface area contributed by atoms with Crippen molar-refractivity contribution in [1.82, 2.24) is 4.90 Å². The quantitative estimate of drug-likeness (QED) is 0.857. The third kappa shape index (κ3) is 3.38. The topological polar surface area (TPSA) is 66.8 Å². The van der Waals surface area contributed by atoms with Crippen LogP contribution in [0, 0.1) is 5.41 Å². The van der Waals surface area contributed by atoms with Gasteiger partial charge in [0.15, 0.2) is 0 Å². The second-order valence-electron chi connectivity index (χ2n) is 6.37. The SMILES string of the molecule is CC(Sc1ccccc1C(=O)N1CCC2(CCOC2)C1)C(=O)O. The third-order valence-electron chi connectivity index (χ3n) is 4.68. The van der Waals surface area contributed by atoms with Crippen LogP contribution in [0.2, 0.25) is 0 Å². The van der Waals surface area contributed by atoms with Crippen LogP contribution < -0.4 is 0 Å². The number of carboxylic acid groups (broad SMARTS) is 1. The van der Waals surface area contributed by atoms with Crippen molar-refractivity contribution in [3.05, 3.63) is 29.8 Å². The second-order valence-corrected chi connectivity index (χ2v) is 7.76. The lowest BCUT2D eigenvalue weighted by Crippen LogP contribution is -2.32. The van der Waals surface area contributed by atoms with Gasteiger partial charge in [0.05, 0.1) is 12.2 Å². The summed E-state index contributed by atoms with van der Waals surface area (Å²) in [6.45, 7) is 4.64. The predicted molar refractivity (Wildman–Crippen MR) is 87.8 cm³/mol. The lowest BCUT2D eigenvalue weighted by molar-refractivity contribution is -0.136. The van der Waals surface area contributed by atoms with Crippen molar-refractivity contribution in [2.45, 2.75) is 29.9 Å². The number of rotatable bonds is 4. The minimum atomic E-state index is -0.875. The van der Waals surface area contributed by atoms with E-state index in [1.807, 2.05) is 23.1 Å². The zero-order valence-corrected chi connectivity index (χ0v) is 14.0. The lowest BCUT2D eigenvalue weighted by Gasteiger charge is -2.23. The van der Waals surface area contributed by atoms with Crippen molar-refractivity contribution >= 4 is 23.6 Å². The first-order valence-electron chi connectivity index (χ1n) is 7.86. The Hall–Kier alpha value is -1.53. The molecule has 2 unspecified atom stereocenters. The van der Waals surface area contributed by atoms with Crippen molar-refractivity contribution in [3.8, 4) is 0 Å². The summed E-state index contributed by atoms with van der Waals surface area (Å²) in [5.74, 6) is -0.880. The van der Waals surface area contributed by atoms with E-state index in [0.717, 1.165) is 44.0 Å². The summed E-state index contributed by atoms with van der Waals surface area (Å²) in [7, 11) is 0. The number of nitrogens with zero attached hydrogens (tertiary/aromatic N) is 1. The average molecular weight is 335 g/mol. The molecule has 5 nitrogen and oxygen atoms in total. The van der Waals surface area contributed by atoms with Crippen molar-refractivity contribution in [2.24, 2.45) is 5.41 Å². The maximum Gasteiger partial charge on any atom is 0.316 e. The first kappa shape index (κ1) is 16.3. The largest absolute Gasteiger partial charge is 0.480 e. The van der Waals surface area contributed by atoms with Gasteiger partial charge < -0.3 is 14.7 Å². The number of thioether (sulfide) groups is 1. The Morgan fingerprint density at radius 2 is 2.13 bits per heavy atom. The van der Waals surface area contributed by atoms with E-state index >= 15 is 0 Å². The molecule has 1 aromatic carbocycles. The first-order valence-corrected chi connectivity index (χ1v) is 8.74. The van der Waals surface area contributed by atoms with Gasteiger partial charge in [-0.2, -0.15) is 0 Å². The Morgan fingerprint density at radius 3 is 2.83 bits per heavy atom. The fraction of sp³-hybridized carbons (Fsp3) is 0.529. The Labute approximate surface area is 140 Å². The van der Waals surface area contributed by atoms with Crippen molar-refractivity contribution in [2.75, 3.05) is 26.3 Å². The third-order valence-corrected chi connectivity index (χ3v) is 5.84. The van der Waals surface area contributed by atoms with Gasteiger partial charge >= 0.3 is 5.97 Å². The molecule has 0 saturated carbocycles. The summed E-state index contributed by atoms with van der Waals surface area (Å²) in [5, 5.41) is 8.51. The van der Waals surface area contributed by atoms with Crippen LogP contribution in [0.4, 0.5) is 0 Å². The minimum Gasteiger partial charge on any atom is -0.480 e. The summed E-state index contributed by atoms with van der Waals surface area (Å²) >= 11 is 1.22. The number of benzene rings is 1. The van der Waals surface area contributed by atoms with Crippen LogP contribution in [0.15, 0.2) is 29.2 Å². The van der Waals surface area contributed by atoms with E-state index in [-0.39, 0.29) is 11.3 Å². The first-order chi connectivity index (χ1) is 11.0. The Kier molecular flexibility index (Phi) is 4.64. The van der Waals surface area contributed by atoms with E-state index < -0.39 is 11.2 Å². The number of carbonyl (C=O) groups excluding carboxylic acids is 1. The van der Waals surface area contributed by atoms with Crippen LogP contribution in [-0.4, -0.2) is 53.4 Å². The highest BCUT2D eigenvalue weighted by atomic mass is 32.2. The zero-order valence-electron chi connectivity index (χ0n) is 13.2. The van der Waals surface area contributed by atoms with E-state index in [1.165, 1.54) is 11.8 Å². The van der Waals surface area contributed by atoms with E-state index in [0.29, 0.717) is 5.56 Å². The normalized spacial score (nSPS) is 25.0. The Bertz CT molecular complexity index is 612. The van der Waals surface area contributed by atoms with Gasteiger partial charge in [0.2, 0.25) is 0 Å². The summed E-state index contributed by atoms with van der Waals surface area (Å²) in [4.78, 5) is 26.6. The maximum absolute atomic E-state index is 12.9. The summed E-state index contributed by atoms with van der Waals surface area (Å²) in [5.41, 5.74) is 0.730. The van der Waals surface area contributed by atoms with Gasteiger partial charge in [-0.25, -0.2) is 0 Å². The molecule has 23 heavy (non-hydrogen) atoms. The van der Waals surface area contributed by atoms with Gasteiger partial charge in [0.25, 0.3) is 5.91 Å². The van der Waals surface area contributed by atoms with Crippen molar-refractivity contribution in [3.63, 3.8) is 0 Å². The summed E-state index contributed by atoms with van der Waals surface area (Å²) < 4.78 is 5.51. The molecule has 124 valence electrons. The van der Waals surface area contributed by atoms with Gasteiger partial charge in [0.1, 0.15) is 5.25 Å². The Morgan fingerprint density at radius 1 is 1.35 bits per heavy atom. The van der Waals surface area contributed by atoms with Gasteiger partial charge in [0, 0.05) is 30.0 Å². The van der Waals surface area contributed by atoms with E-state index in [9.17, 15) is 9.59 Å². The molecule has 2 fully saturated rings. The Balaban J connectivity index is 1.76.